The number of hydrogen-bond donors (Lipinski definition) is 1. The zero-order valence-electron chi connectivity index (χ0n) is 11.6. The Kier molecular flexibility index (Phi) is 7.24. The van der Waals surface area contributed by atoms with Crippen molar-refractivity contribution >= 4 is 11.8 Å². The molecule has 2 unspecified atom stereocenters. The Morgan fingerprint density at radius 3 is 2.88 bits per heavy atom. The Hall–Kier alpha value is 0.01000. The van der Waals surface area contributed by atoms with Gasteiger partial charge in [-0.3, -0.25) is 4.90 Å². The maximum atomic E-state index is 3.77. The molecule has 1 saturated heterocycles. The van der Waals surface area contributed by atoms with Crippen molar-refractivity contribution in [2.24, 2.45) is 5.92 Å². The molecule has 0 aromatic carbocycles. The van der Waals surface area contributed by atoms with Crippen LogP contribution in [0.4, 0.5) is 0 Å². The predicted molar refractivity (Wildman–Crippen MR) is 79.8 cm³/mol. The van der Waals surface area contributed by atoms with Gasteiger partial charge in [0.2, 0.25) is 0 Å². The van der Waals surface area contributed by atoms with Crippen LogP contribution in [0.25, 0.3) is 0 Å². The van der Waals surface area contributed by atoms with E-state index in [1.54, 1.807) is 0 Å². The number of thioether (sulfide) groups is 1. The molecule has 0 aromatic heterocycles. The maximum absolute atomic E-state index is 3.77. The summed E-state index contributed by atoms with van der Waals surface area (Å²) in [6.45, 7) is 14.3. The molecule has 0 saturated carbocycles. The summed E-state index contributed by atoms with van der Waals surface area (Å²) in [5.74, 6) is 3.05. The Morgan fingerprint density at radius 1 is 1.53 bits per heavy atom. The van der Waals surface area contributed by atoms with Crippen molar-refractivity contribution in [1.82, 2.24) is 10.2 Å². The van der Waals surface area contributed by atoms with Gasteiger partial charge in [0, 0.05) is 43.2 Å². The normalized spacial score (nSPS) is 26.4. The van der Waals surface area contributed by atoms with E-state index in [9.17, 15) is 0 Å². The Balaban J connectivity index is 2.40. The van der Waals surface area contributed by atoms with Crippen LogP contribution in [0.5, 0.6) is 0 Å². The molecule has 2 atom stereocenters. The third-order valence-electron chi connectivity index (χ3n) is 3.56. The lowest BCUT2D eigenvalue weighted by molar-refractivity contribution is 0.104. The van der Waals surface area contributed by atoms with E-state index in [4.69, 9.17) is 0 Å². The van der Waals surface area contributed by atoms with Gasteiger partial charge >= 0.3 is 0 Å². The molecule has 1 heterocycles. The first-order valence-electron chi connectivity index (χ1n) is 6.85. The second kappa shape index (κ2) is 8.17. The highest BCUT2D eigenvalue weighted by molar-refractivity contribution is 7.99. The number of piperazine rings is 1. The standard InChI is InChI=1S/C14H28N2S/c1-5-8-17-9-7-16-11-13(6-2)15-10-14(16)12(3)4/h5,12-15H,1,6-11H2,2-4H3. The van der Waals surface area contributed by atoms with E-state index in [0.29, 0.717) is 12.1 Å². The fourth-order valence-corrected chi connectivity index (χ4v) is 3.13. The first-order chi connectivity index (χ1) is 8.19. The monoisotopic (exact) mass is 256 g/mol. The summed E-state index contributed by atoms with van der Waals surface area (Å²) in [4.78, 5) is 2.69. The molecular formula is C14H28N2S. The Morgan fingerprint density at radius 2 is 2.29 bits per heavy atom. The van der Waals surface area contributed by atoms with Gasteiger partial charge in [0.05, 0.1) is 0 Å². The van der Waals surface area contributed by atoms with Crippen molar-refractivity contribution in [1.29, 1.82) is 0 Å². The van der Waals surface area contributed by atoms with E-state index in [0.717, 1.165) is 18.2 Å². The number of rotatable bonds is 7. The van der Waals surface area contributed by atoms with E-state index in [-0.39, 0.29) is 0 Å². The molecule has 0 aliphatic carbocycles. The minimum atomic E-state index is 0.689. The van der Waals surface area contributed by atoms with E-state index in [1.807, 2.05) is 17.8 Å². The molecule has 1 N–H and O–H groups in total. The van der Waals surface area contributed by atoms with Gasteiger partial charge in [0.25, 0.3) is 0 Å². The van der Waals surface area contributed by atoms with Crippen LogP contribution in [-0.2, 0) is 0 Å². The summed E-state index contributed by atoms with van der Waals surface area (Å²) >= 11 is 1.99. The molecule has 0 amide bonds. The molecule has 1 aliphatic rings. The van der Waals surface area contributed by atoms with E-state index in [1.165, 1.54) is 25.3 Å². The Bertz CT molecular complexity index is 218. The van der Waals surface area contributed by atoms with Crippen LogP contribution in [0.1, 0.15) is 27.2 Å². The van der Waals surface area contributed by atoms with Crippen LogP contribution in [0, 0.1) is 5.92 Å². The molecule has 3 heteroatoms. The summed E-state index contributed by atoms with van der Waals surface area (Å²) in [5.41, 5.74) is 0. The topological polar surface area (TPSA) is 15.3 Å². The van der Waals surface area contributed by atoms with Crippen LogP contribution in [-0.4, -0.2) is 48.1 Å². The molecule has 0 radical (unpaired) electrons. The van der Waals surface area contributed by atoms with Crippen molar-refractivity contribution in [2.75, 3.05) is 31.1 Å². The van der Waals surface area contributed by atoms with Gasteiger partial charge in [-0.05, 0) is 12.3 Å². The second-order valence-corrected chi connectivity index (χ2v) is 6.33. The van der Waals surface area contributed by atoms with Crippen molar-refractivity contribution in [3.05, 3.63) is 12.7 Å². The molecule has 1 fully saturated rings. The fraction of sp³-hybridized carbons (Fsp3) is 0.857. The lowest BCUT2D eigenvalue weighted by Crippen LogP contribution is -2.58. The molecular weight excluding hydrogens is 228 g/mol. The molecule has 0 aromatic rings. The largest absolute Gasteiger partial charge is 0.311 e. The fourth-order valence-electron chi connectivity index (χ4n) is 2.44. The summed E-state index contributed by atoms with van der Waals surface area (Å²) < 4.78 is 0. The van der Waals surface area contributed by atoms with Crippen molar-refractivity contribution in [3.8, 4) is 0 Å². The zero-order chi connectivity index (χ0) is 12.7. The summed E-state index contributed by atoms with van der Waals surface area (Å²) in [7, 11) is 0. The first-order valence-corrected chi connectivity index (χ1v) is 8.00. The minimum Gasteiger partial charge on any atom is -0.311 e. The number of hydrogen-bond acceptors (Lipinski definition) is 3. The molecule has 2 nitrogen and oxygen atoms in total. The summed E-state index contributed by atoms with van der Waals surface area (Å²) in [6, 6.07) is 1.40. The van der Waals surface area contributed by atoms with Gasteiger partial charge in [0.1, 0.15) is 0 Å². The average molecular weight is 256 g/mol. The quantitative estimate of drug-likeness (QED) is 0.557. The summed E-state index contributed by atoms with van der Waals surface area (Å²) in [5, 5.41) is 3.67. The van der Waals surface area contributed by atoms with Crippen LogP contribution < -0.4 is 5.32 Å². The van der Waals surface area contributed by atoms with Crippen LogP contribution in [0.2, 0.25) is 0 Å². The van der Waals surface area contributed by atoms with E-state index >= 15 is 0 Å². The van der Waals surface area contributed by atoms with Gasteiger partial charge in [0.15, 0.2) is 0 Å². The number of nitrogens with zero attached hydrogens (tertiary/aromatic N) is 1. The predicted octanol–water partition coefficient (Wildman–Crippen LogP) is 2.61. The molecule has 1 rings (SSSR count). The lowest BCUT2D eigenvalue weighted by atomic mass is 9.98. The lowest BCUT2D eigenvalue weighted by Gasteiger charge is -2.42. The molecule has 17 heavy (non-hydrogen) atoms. The maximum Gasteiger partial charge on any atom is 0.0244 e. The Labute approximate surface area is 111 Å². The van der Waals surface area contributed by atoms with Crippen LogP contribution >= 0.6 is 11.8 Å². The van der Waals surface area contributed by atoms with Crippen molar-refractivity contribution in [3.63, 3.8) is 0 Å². The smallest absolute Gasteiger partial charge is 0.0244 e. The van der Waals surface area contributed by atoms with Crippen molar-refractivity contribution in [2.45, 2.75) is 39.3 Å². The van der Waals surface area contributed by atoms with Crippen LogP contribution in [0.3, 0.4) is 0 Å². The molecule has 100 valence electrons. The number of nitrogens with one attached hydrogen (secondary N) is 1. The zero-order valence-corrected chi connectivity index (χ0v) is 12.4. The third-order valence-corrected chi connectivity index (χ3v) is 4.50. The van der Waals surface area contributed by atoms with E-state index in [2.05, 4.69) is 37.6 Å². The second-order valence-electron chi connectivity index (χ2n) is 5.18. The van der Waals surface area contributed by atoms with E-state index < -0.39 is 0 Å². The van der Waals surface area contributed by atoms with Gasteiger partial charge in [-0.1, -0.05) is 26.8 Å². The van der Waals surface area contributed by atoms with Gasteiger partial charge in [-0.2, -0.15) is 11.8 Å². The highest BCUT2D eigenvalue weighted by Gasteiger charge is 2.28. The van der Waals surface area contributed by atoms with Gasteiger partial charge < -0.3 is 5.32 Å². The van der Waals surface area contributed by atoms with Crippen molar-refractivity contribution < 1.29 is 0 Å². The molecule has 0 spiro atoms. The average Bonchev–Trinajstić information content (AvgIpc) is 2.34. The van der Waals surface area contributed by atoms with Crippen LogP contribution in [0.15, 0.2) is 12.7 Å². The SMILES string of the molecule is C=CCSCCN1CC(CC)NCC1C(C)C. The summed E-state index contributed by atoms with van der Waals surface area (Å²) in [6.07, 6.45) is 3.23. The van der Waals surface area contributed by atoms with Gasteiger partial charge in [-0.25, -0.2) is 0 Å². The molecule has 0 bridgehead atoms. The minimum absolute atomic E-state index is 0.689. The highest BCUT2D eigenvalue weighted by atomic mass is 32.2. The third kappa shape index (κ3) is 5.02. The first kappa shape index (κ1) is 15.1. The van der Waals surface area contributed by atoms with Gasteiger partial charge in [-0.15, -0.1) is 6.58 Å². The highest BCUT2D eigenvalue weighted by Crippen LogP contribution is 2.17. The molecule has 1 aliphatic heterocycles.